The van der Waals surface area contributed by atoms with Gasteiger partial charge in [0.05, 0.1) is 11.6 Å². The van der Waals surface area contributed by atoms with Crippen molar-refractivity contribution in [3.8, 4) is 6.07 Å². The van der Waals surface area contributed by atoms with Crippen molar-refractivity contribution in [1.82, 2.24) is 15.1 Å². The van der Waals surface area contributed by atoms with Gasteiger partial charge in [0.1, 0.15) is 0 Å². The summed E-state index contributed by atoms with van der Waals surface area (Å²) in [5.41, 5.74) is 2.01. The molecule has 1 heterocycles. The molecule has 0 atom stereocenters. The van der Waals surface area contributed by atoms with Gasteiger partial charge < -0.3 is 20.2 Å². The molecule has 2 N–H and O–H groups in total. The van der Waals surface area contributed by atoms with E-state index >= 15 is 0 Å². The van der Waals surface area contributed by atoms with Crippen LogP contribution in [0.4, 0.5) is 13.2 Å². The van der Waals surface area contributed by atoms with Crippen LogP contribution in [0.1, 0.15) is 27.9 Å². The molecular weight excluding hydrogens is 545 g/mol. The van der Waals surface area contributed by atoms with Crippen molar-refractivity contribution in [3.05, 3.63) is 69.7 Å². The number of hydrogen-bond acceptors (Lipinski definition) is 5. The van der Waals surface area contributed by atoms with Crippen molar-refractivity contribution in [3.63, 3.8) is 0 Å². The van der Waals surface area contributed by atoms with Crippen molar-refractivity contribution < 1.29 is 32.7 Å². The SMILES string of the molecule is N#Cc1ccc(C(=O)N(CCC(=O)N2CCNCC2)Cc2ccc(Br)cc2)cc1.O=C(O)C(F)(F)F. The zero-order valence-electron chi connectivity index (χ0n) is 19.1. The number of halogens is 4. The summed E-state index contributed by atoms with van der Waals surface area (Å²) < 4.78 is 32.7. The van der Waals surface area contributed by atoms with Gasteiger partial charge in [0.25, 0.3) is 5.91 Å². The quantitative estimate of drug-likeness (QED) is 0.552. The number of carboxylic acid groups (broad SMARTS) is 1. The third kappa shape index (κ3) is 9.31. The molecule has 192 valence electrons. The number of aliphatic carboxylic acids is 1. The number of nitrogens with one attached hydrogen (secondary N) is 1. The van der Waals surface area contributed by atoms with Crippen molar-refractivity contribution in [2.75, 3.05) is 32.7 Å². The molecule has 2 aromatic rings. The van der Waals surface area contributed by atoms with Crippen LogP contribution >= 0.6 is 15.9 Å². The molecule has 1 fully saturated rings. The highest BCUT2D eigenvalue weighted by atomic mass is 79.9. The van der Waals surface area contributed by atoms with E-state index in [2.05, 4.69) is 27.3 Å². The molecule has 0 spiro atoms. The van der Waals surface area contributed by atoms with Gasteiger partial charge >= 0.3 is 12.1 Å². The van der Waals surface area contributed by atoms with E-state index in [-0.39, 0.29) is 11.8 Å². The topological polar surface area (TPSA) is 114 Å². The van der Waals surface area contributed by atoms with E-state index in [9.17, 15) is 22.8 Å². The minimum Gasteiger partial charge on any atom is -0.475 e. The predicted molar refractivity (Wildman–Crippen MR) is 128 cm³/mol. The lowest BCUT2D eigenvalue weighted by atomic mass is 10.1. The molecular formula is C24H24BrF3N4O4. The highest BCUT2D eigenvalue weighted by Crippen LogP contribution is 2.16. The van der Waals surface area contributed by atoms with Gasteiger partial charge in [0.15, 0.2) is 0 Å². The van der Waals surface area contributed by atoms with E-state index in [0.29, 0.717) is 43.7 Å². The highest BCUT2D eigenvalue weighted by molar-refractivity contribution is 9.10. The zero-order chi connectivity index (χ0) is 26.7. The normalized spacial score (nSPS) is 13.1. The Morgan fingerprint density at radius 2 is 1.61 bits per heavy atom. The summed E-state index contributed by atoms with van der Waals surface area (Å²) in [7, 11) is 0. The van der Waals surface area contributed by atoms with Crippen LogP contribution in [0.5, 0.6) is 0 Å². The van der Waals surface area contributed by atoms with E-state index < -0.39 is 12.1 Å². The number of amides is 2. The molecule has 8 nitrogen and oxygen atoms in total. The van der Waals surface area contributed by atoms with Gasteiger partial charge in [0, 0.05) is 55.7 Å². The number of piperazine rings is 1. The lowest BCUT2D eigenvalue weighted by molar-refractivity contribution is -0.192. The number of hydrogen-bond donors (Lipinski definition) is 2. The monoisotopic (exact) mass is 568 g/mol. The average Bonchev–Trinajstić information content (AvgIpc) is 2.87. The van der Waals surface area contributed by atoms with E-state index in [1.54, 1.807) is 29.2 Å². The minimum atomic E-state index is -5.08. The molecule has 3 rings (SSSR count). The van der Waals surface area contributed by atoms with Crippen LogP contribution in [0.25, 0.3) is 0 Å². The first kappa shape index (κ1) is 28.8. The third-order valence-electron chi connectivity index (χ3n) is 5.14. The number of benzene rings is 2. The van der Waals surface area contributed by atoms with Crippen LogP contribution in [0.15, 0.2) is 53.0 Å². The summed E-state index contributed by atoms with van der Waals surface area (Å²) in [5, 5.41) is 19.3. The Morgan fingerprint density at radius 1 is 1.06 bits per heavy atom. The maximum atomic E-state index is 13.1. The second-order valence-electron chi connectivity index (χ2n) is 7.73. The fraction of sp³-hybridized carbons (Fsp3) is 0.333. The standard InChI is InChI=1S/C22H23BrN4O2.C2HF3O2/c23-20-7-3-18(4-8-20)16-27(12-9-21(28)26-13-10-25-11-14-26)22(29)19-5-1-17(15-24)2-6-19;3-2(4,5)1(6)7/h1-8,25H,9-14,16H2;(H,6,7). The zero-order valence-corrected chi connectivity index (χ0v) is 20.7. The molecule has 12 heteroatoms. The lowest BCUT2D eigenvalue weighted by Crippen LogP contribution is -2.47. The first-order valence-electron chi connectivity index (χ1n) is 10.8. The van der Waals surface area contributed by atoms with E-state index in [0.717, 1.165) is 23.1 Å². The summed E-state index contributed by atoms with van der Waals surface area (Å²) in [5.74, 6) is -2.84. The van der Waals surface area contributed by atoms with Crippen LogP contribution in [0.3, 0.4) is 0 Å². The Kier molecular flexibility index (Phi) is 10.9. The molecule has 36 heavy (non-hydrogen) atoms. The Bertz CT molecular complexity index is 1080. The van der Waals surface area contributed by atoms with Gasteiger partial charge in [-0.1, -0.05) is 28.1 Å². The number of carbonyl (C=O) groups excluding carboxylic acids is 2. The molecule has 0 aromatic heterocycles. The fourth-order valence-electron chi connectivity index (χ4n) is 3.24. The molecule has 0 bridgehead atoms. The maximum Gasteiger partial charge on any atom is 0.490 e. The average molecular weight is 569 g/mol. The second kappa shape index (κ2) is 13.6. The van der Waals surface area contributed by atoms with Gasteiger partial charge in [-0.15, -0.1) is 0 Å². The van der Waals surface area contributed by atoms with Gasteiger partial charge in [-0.25, -0.2) is 4.79 Å². The van der Waals surface area contributed by atoms with Crippen LogP contribution in [-0.4, -0.2) is 71.6 Å². The van der Waals surface area contributed by atoms with Crippen molar-refractivity contribution in [2.24, 2.45) is 0 Å². The van der Waals surface area contributed by atoms with E-state index in [1.807, 2.05) is 29.2 Å². The van der Waals surface area contributed by atoms with Gasteiger partial charge in [-0.2, -0.15) is 18.4 Å². The van der Waals surface area contributed by atoms with E-state index in [1.165, 1.54) is 0 Å². The Labute approximate surface area is 214 Å². The second-order valence-corrected chi connectivity index (χ2v) is 8.64. The smallest absolute Gasteiger partial charge is 0.475 e. The molecule has 2 aromatic carbocycles. The number of nitrogens with zero attached hydrogens (tertiary/aromatic N) is 3. The van der Waals surface area contributed by atoms with Gasteiger partial charge in [0.2, 0.25) is 5.91 Å². The summed E-state index contributed by atoms with van der Waals surface area (Å²) >= 11 is 3.42. The predicted octanol–water partition coefficient (Wildman–Crippen LogP) is 3.42. The number of rotatable bonds is 6. The Morgan fingerprint density at radius 3 is 2.11 bits per heavy atom. The van der Waals surface area contributed by atoms with Gasteiger partial charge in [-0.3, -0.25) is 9.59 Å². The molecule has 1 saturated heterocycles. The molecule has 1 aliphatic heterocycles. The maximum absolute atomic E-state index is 13.1. The molecule has 2 amide bonds. The Balaban J connectivity index is 0.000000572. The highest BCUT2D eigenvalue weighted by Gasteiger charge is 2.38. The summed E-state index contributed by atoms with van der Waals surface area (Å²) in [6.07, 6.45) is -4.79. The molecule has 0 radical (unpaired) electrons. The number of carboxylic acids is 1. The molecule has 0 saturated carbocycles. The van der Waals surface area contributed by atoms with E-state index in [4.69, 9.17) is 15.2 Å². The van der Waals surface area contributed by atoms with Crippen LogP contribution in [0.2, 0.25) is 0 Å². The fourth-order valence-corrected chi connectivity index (χ4v) is 3.50. The first-order chi connectivity index (χ1) is 17.0. The third-order valence-corrected chi connectivity index (χ3v) is 5.67. The summed E-state index contributed by atoms with van der Waals surface area (Å²) in [4.78, 5) is 38.1. The lowest BCUT2D eigenvalue weighted by Gasteiger charge is -2.29. The van der Waals surface area contributed by atoms with Crippen molar-refractivity contribution >= 4 is 33.7 Å². The molecule has 1 aliphatic rings. The summed E-state index contributed by atoms with van der Waals surface area (Å²) in [6, 6.07) is 16.4. The van der Waals surface area contributed by atoms with Crippen LogP contribution in [0, 0.1) is 11.3 Å². The first-order valence-corrected chi connectivity index (χ1v) is 11.6. The molecule has 0 unspecified atom stereocenters. The number of nitriles is 1. The largest absolute Gasteiger partial charge is 0.490 e. The minimum absolute atomic E-state index is 0.0694. The molecule has 0 aliphatic carbocycles. The van der Waals surface area contributed by atoms with Gasteiger partial charge in [-0.05, 0) is 42.0 Å². The van der Waals surface area contributed by atoms with Crippen molar-refractivity contribution in [1.29, 1.82) is 5.26 Å². The van der Waals surface area contributed by atoms with Crippen LogP contribution in [-0.2, 0) is 16.1 Å². The summed E-state index contributed by atoms with van der Waals surface area (Å²) in [6.45, 7) is 3.78. The van der Waals surface area contributed by atoms with Crippen molar-refractivity contribution in [2.45, 2.75) is 19.1 Å². The number of carbonyl (C=O) groups is 3. The Hall–Kier alpha value is -3.43. The number of alkyl halides is 3. The van der Waals surface area contributed by atoms with Crippen LogP contribution < -0.4 is 5.32 Å².